The summed E-state index contributed by atoms with van der Waals surface area (Å²) in [6.07, 6.45) is 4.55. The van der Waals surface area contributed by atoms with Gasteiger partial charge in [-0.1, -0.05) is 26.0 Å². The quantitative estimate of drug-likeness (QED) is 0.713. The van der Waals surface area contributed by atoms with Crippen molar-refractivity contribution >= 4 is 22.9 Å². The van der Waals surface area contributed by atoms with E-state index in [2.05, 4.69) is 30.2 Å². The first-order valence-electron chi connectivity index (χ1n) is 9.80. The van der Waals surface area contributed by atoms with Crippen molar-refractivity contribution < 1.29 is 4.79 Å². The minimum absolute atomic E-state index is 0.00494. The highest BCUT2D eigenvalue weighted by Gasteiger charge is 2.29. The highest BCUT2D eigenvalue weighted by atomic mass is 16.2. The van der Waals surface area contributed by atoms with Crippen molar-refractivity contribution in [1.29, 1.82) is 0 Å². The molecule has 0 saturated carbocycles. The van der Waals surface area contributed by atoms with E-state index in [1.807, 2.05) is 57.4 Å². The predicted molar refractivity (Wildman–Crippen MR) is 109 cm³/mol. The standard InChI is InChI=1S/C21H26N6O/c1-13-10-22-21(23-11-13)27-9-8-16(12-27)24-20(28)15(3)14(2)19-25-17-6-4-5-7-18(17)26-19/h4-7,10-11,14-16H,8-9,12H2,1-3H3,(H,24,28)(H,25,26)/t14-,15-,16+/m0/s1. The second kappa shape index (κ2) is 7.58. The molecule has 1 amide bonds. The Labute approximate surface area is 164 Å². The molecule has 0 spiro atoms. The lowest BCUT2D eigenvalue weighted by Crippen LogP contribution is -2.41. The molecule has 0 radical (unpaired) electrons. The van der Waals surface area contributed by atoms with Crippen molar-refractivity contribution in [1.82, 2.24) is 25.3 Å². The zero-order valence-electron chi connectivity index (χ0n) is 16.5. The first-order valence-corrected chi connectivity index (χ1v) is 9.80. The molecule has 1 aliphatic rings. The molecule has 0 aliphatic carbocycles. The molecule has 28 heavy (non-hydrogen) atoms. The maximum absolute atomic E-state index is 12.8. The maximum atomic E-state index is 12.8. The van der Waals surface area contributed by atoms with Gasteiger partial charge >= 0.3 is 0 Å². The third-order valence-corrected chi connectivity index (χ3v) is 5.59. The monoisotopic (exact) mass is 378 g/mol. The lowest BCUT2D eigenvalue weighted by Gasteiger charge is -2.21. The summed E-state index contributed by atoms with van der Waals surface area (Å²) < 4.78 is 0. The smallest absolute Gasteiger partial charge is 0.225 e. The molecule has 7 heteroatoms. The normalized spacial score (nSPS) is 19.0. The Kier molecular flexibility index (Phi) is 4.98. The maximum Gasteiger partial charge on any atom is 0.225 e. The Morgan fingerprint density at radius 3 is 2.75 bits per heavy atom. The average molecular weight is 378 g/mol. The van der Waals surface area contributed by atoms with Crippen LogP contribution >= 0.6 is 0 Å². The second-order valence-corrected chi connectivity index (χ2v) is 7.72. The second-order valence-electron chi connectivity index (χ2n) is 7.72. The zero-order valence-corrected chi connectivity index (χ0v) is 16.5. The minimum atomic E-state index is -0.176. The third kappa shape index (κ3) is 3.69. The van der Waals surface area contributed by atoms with Crippen molar-refractivity contribution in [2.75, 3.05) is 18.0 Å². The molecule has 0 unspecified atom stereocenters. The lowest BCUT2D eigenvalue weighted by molar-refractivity contribution is -0.125. The van der Waals surface area contributed by atoms with Gasteiger partial charge < -0.3 is 15.2 Å². The number of fused-ring (bicyclic) bond motifs is 1. The number of anilines is 1. The molecule has 1 aromatic carbocycles. The largest absolute Gasteiger partial charge is 0.351 e. The number of hydrogen-bond acceptors (Lipinski definition) is 5. The van der Waals surface area contributed by atoms with Gasteiger partial charge in [0.05, 0.1) is 11.0 Å². The molecular formula is C21H26N6O. The molecule has 4 rings (SSSR count). The van der Waals surface area contributed by atoms with E-state index in [0.29, 0.717) is 0 Å². The summed E-state index contributed by atoms with van der Waals surface area (Å²) in [5.74, 6) is 1.47. The van der Waals surface area contributed by atoms with Gasteiger partial charge in [0.2, 0.25) is 11.9 Å². The Morgan fingerprint density at radius 2 is 2.00 bits per heavy atom. The van der Waals surface area contributed by atoms with Crippen molar-refractivity contribution in [3.05, 3.63) is 48.0 Å². The Morgan fingerprint density at radius 1 is 1.25 bits per heavy atom. The van der Waals surface area contributed by atoms with Crippen LogP contribution < -0.4 is 10.2 Å². The predicted octanol–water partition coefficient (Wildman–Crippen LogP) is 2.80. The Hall–Kier alpha value is -2.96. The van der Waals surface area contributed by atoms with E-state index in [4.69, 9.17) is 0 Å². The SMILES string of the molecule is Cc1cnc(N2CC[C@@H](NC(=O)[C@@H](C)[C@H](C)c3nc4ccccc4[nH]3)C2)nc1. The number of H-pyrrole nitrogens is 1. The number of benzene rings is 1. The zero-order chi connectivity index (χ0) is 19.7. The van der Waals surface area contributed by atoms with E-state index in [9.17, 15) is 4.79 Å². The fourth-order valence-corrected chi connectivity index (χ4v) is 3.59. The first kappa shape index (κ1) is 18.4. The van der Waals surface area contributed by atoms with E-state index in [1.165, 1.54) is 0 Å². The molecular weight excluding hydrogens is 352 g/mol. The summed E-state index contributed by atoms with van der Waals surface area (Å²) in [6.45, 7) is 7.56. The van der Waals surface area contributed by atoms with Crippen LogP contribution in [0.3, 0.4) is 0 Å². The molecule has 1 aliphatic heterocycles. The minimum Gasteiger partial charge on any atom is -0.351 e. The van der Waals surface area contributed by atoms with Crippen LogP contribution in [0.5, 0.6) is 0 Å². The molecule has 1 fully saturated rings. The van der Waals surface area contributed by atoms with E-state index in [0.717, 1.165) is 47.9 Å². The van der Waals surface area contributed by atoms with Gasteiger partial charge in [-0.2, -0.15) is 0 Å². The summed E-state index contributed by atoms with van der Waals surface area (Å²) in [5, 5.41) is 3.20. The van der Waals surface area contributed by atoms with Crippen molar-refractivity contribution in [2.24, 2.45) is 5.92 Å². The van der Waals surface area contributed by atoms with E-state index in [1.54, 1.807) is 0 Å². The summed E-state index contributed by atoms with van der Waals surface area (Å²) in [5.41, 5.74) is 2.98. The van der Waals surface area contributed by atoms with Gasteiger partial charge in [-0.15, -0.1) is 0 Å². The molecule has 2 N–H and O–H groups in total. The topological polar surface area (TPSA) is 86.8 Å². The van der Waals surface area contributed by atoms with Gasteiger partial charge in [0.15, 0.2) is 0 Å². The number of amides is 1. The number of aryl methyl sites for hydroxylation is 1. The van der Waals surface area contributed by atoms with Crippen LogP contribution in [-0.4, -0.2) is 45.0 Å². The van der Waals surface area contributed by atoms with Crippen LogP contribution in [0.1, 0.15) is 37.6 Å². The van der Waals surface area contributed by atoms with Crippen LogP contribution in [0.4, 0.5) is 5.95 Å². The van der Waals surface area contributed by atoms with Crippen molar-refractivity contribution in [2.45, 2.75) is 39.2 Å². The fourth-order valence-electron chi connectivity index (χ4n) is 3.59. The molecule has 3 atom stereocenters. The highest BCUT2D eigenvalue weighted by molar-refractivity contribution is 5.80. The third-order valence-electron chi connectivity index (χ3n) is 5.59. The van der Waals surface area contributed by atoms with Crippen LogP contribution in [0.25, 0.3) is 11.0 Å². The number of para-hydroxylation sites is 2. The number of carbonyl (C=O) groups excluding carboxylic acids is 1. The summed E-state index contributed by atoms with van der Waals surface area (Å²) >= 11 is 0. The first-order chi connectivity index (χ1) is 13.5. The molecule has 0 bridgehead atoms. The van der Waals surface area contributed by atoms with Crippen LogP contribution in [0.15, 0.2) is 36.7 Å². The summed E-state index contributed by atoms with van der Waals surface area (Å²) in [4.78, 5) is 31.7. The van der Waals surface area contributed by atoms with Gasteiger partial charge in [0.25, 0.3) is 0 Å². The van der Waals surface area contributed by atoms with Crippen molar-refractivity contribution in [3.63, 3.8) is 0 Å². The number of nitrogens with zero attached hydrogens (tertiary/aromatic N) is 4. The van der Waals surface area contributed by atoms with E-state index in [-0.39, 0.29) is 23.8 Å². The number of aromatic nitrogens is 4. The van der Waals surface area contributed by atoms with E-state index < -0.39 is 0 Å². The van der Waals surface area contributed by atoms with Crippen molar-refractivity contribution in [3.8, 4) is 0 Å². The molecule has 7 nitrogen and oxygen atoms in total. The van der Waals surface area contributed by atoms with Crippen LogP contribution in [-0.2, 0) is 4.79 Å². The average Bonchev–Trinajstić information content (AvgIpc) is 3.34. The summed E-state index contributed by atoms with van der Waals surface area (Å²) in [7, 11) is 0. The number of nitrogens with one attached hydrogen (secondary N) is 2. The van der Waals surface area contributed by atoms with Gasteiger partial charge in [-0.3, -0.25) is 4.79 Å². The molecule has 3 heterocycles. The molecule has 3 aromatic rings. The number of rotatable bonds is 5. The van der Waals surface area contributed by atoms with E-state index >= 15 is 0 Å². The molecule has 2 aromatic heterocycles. The highest BCUT2D eigenvalue weighted by Crippen LogP contribution is 2.25. The van der Waals surface area contributed by atoms with Gasteiger partial charge in [-0.05, 0) is 31.0 Å². The number of hydrogen-bond donors (Lipinski definition) is 2. The Balaban J connectivity index is 1.37. The molecule has 1 saturated heterocycles. The van der Waals surface area contributed by atoms with Gasteiger partial charge in [-0.25, -0.2) is 15.0 Å². The fraction of sp³-hybridized carbons (Fsp3) is 0.429. The number of imidazole rings is 1. The number of carbonyl (C=O) groups is 1. The van der Waals surface area contributed by atoms with Gasteiger partial charge in [0.1, 0.15) is 5.82 Å². The van der Waals surface area contributed by atoms with Crippen LogP contribution in [0, 0.1) is 12.8 Å². The van der Waals surface area contributed by atoms with Gasteiger partial charge in [0, 0.05) is 43.4 Å². The van der Waals surface area contributed by atoms with Crippen LogP contribution in [0.2, 0.25) is 0 Å². The molecule has 146 valence electrons. The summed E-state index contributed by atoms with van der Waals surface area (Å²) in [6, 6.07) is 8.05. The number of aromatic amines is 1. The lowest BCUT2D eigenvalue weighted by atomic mass is 9.94. The Bertz CT molecular complexity index is 933.